The Morgan fingerprint density at radius 3 is 2.42 bits per heavy atom. The van der Waals surface area contributed by atoms with E-state index < -0.39 is 22.0 Å². The van der Waals surface area contributed by atoms with Crippen molar-refractivity contribution in [3.05, 3.63) is 23.3 Å². The molecule has 6 nitrogen and oxygen atoms in total. The number of benzene rings is 1. The number of nitrogens with one attached hydrogen (secondary N) is 1. The van der Waals surface area contributed by atoms with E-state index in [-0.39, 0.29) is 4.90 Å². The van der Waals surface area contributed by atoms with Crippen LogP contribution in [0.5, 0.6) is 0 Å². The summed E-state index contributed by atoms with van der Waals surface area (Å²) in [4.78, 5) is 11.3. The molecule has 1 atom stereocenters. The van der Waals surface area contributed by atoms with Gasteiger partial charge in [0.2, 0.25) is 10.0 Å². The SMILES string of the molecule is COC(=O)C(C)NS(=O)(=O)c1cc(C)c(C)c(N)c1. The first-order chi connectivity index (χ1) is 8.69. The highest BCUT2D eigenvalue weighted by Gasteiger charge is 2.23. The fraction of sp³-hybridized carbons (Fsp3) is 0.417. The molecule has 0 heterocycles. The second kappa shape index (κ2) is 5.58. The summed E-state index contributed by atoms with van der Waals surface area (Å²) in [5.41, 5.74) is 7.75. The Labute approximate surface area is 113 Å². The first kappa shape index (κ1) is 15.5. The van der Waals surface area contributed by atoms with Crippen molar-refractivity contribution in [2.24, 2.45) is 0 Å². The van der Waals surface area contributed by atoms with Crippen LogP contribution >= 0.6 is 0 Å². The average molecular weight is 286 g/mol. The Kier molecular flexibility index (Phi) is 4.54. The van der Waals surface area contributed by atoms with Crippen LogP contribution < -0.4 is 10.5 Å². The van der Waals surface area contributed by atoms with E-state index in [9.17, 15) is 13.2 Å². The maximum Gasteiger partial charge on any atom is 0.323 e. The summed E-state index contributed by atoms with van der Waals surface area (Å²) in [6.45, 7) is 4.99. The zero-order valence-electron chi connectivity index (χ0n) is 11.4. The summed E-state index contributed by atoms with van der Waals surface area (Å²) in [7, 11) is -2.61. The predicted molar refractivity (Wildman–Crippen MR) is 72.1 cm³/mol. The van der Waals surface area contributed by atoms with Gasteiger partial charge < -0.3 is 10.5 Å². The average Bonchev–Trinajstić information content (AvgIpc) is 2.33. The van der Waals surface area contributed by atoms with Gasteiger partial charge in [-0.2, -0.15) is 4.72 Å². The Morgan fingerprint density at radius 1 is 1.37 bits per heavy atom. The number of esters is 1. The zero-order valence-corrected chi connectivity index (χ0v) is 12.2. The van der Waals surface area contributed by atoms with E-state index in [1.807, 2.05) is 6.92 Å². The summed E-state index contributed by atoms with van der Waals surface area (Å²) in [6.07, 6.45) is 0. The summed E-state index contributed by atoms with van der Waals surface area (Å²) in [6, 6.07) is 1.92. The Hall–Kier alpha value is -1.60. The molecule has 1 rings (SSSR count). The third kappa shape index (κ3) is 3.45. The van der Waals surface area contributed by atoms with Crippen molar-refractivity contribution in [2.75, 3.05) is 12.8 Å². The normalized spacial score (nSPS) is 13.1. The molecule has 3 N–H and O–H groups in total. The number of carbonyl (C=O) groups is 1. The fourth-order valence-corrected chi connectivity index (χ4v) is 2.85. The van der Waals surface area contributed by atoms with Gasteiger partial charge in [0, 0.05) is 5.69 Å². The van der Waals surface area contributed by atoms with E-state index in [4.69, 9.17) is 5.73 Å². The number of rotatable bonds is 4. The van der Waals surface area contributed by atoms with Crippen LogP contribution in [0.3, 0.4) is 0 Å². The highest BCUT2D eigenvalue weighted by atomic mass is 32.2. The standard InChI is InChI=1S/C12H18N2O4S/c1-7-5-10(6-11(13)8(7)2)19(16,17)14-9(3)12(15)18-4/h5-6,9,14H,13H2,1-4H3. The first-order valence-electron chi connectivity index (χ1n) is 5.66. The van der Waals surface area contributed by atoms with Crippen molar-refractivity contribution in [2.45, 2.75) is 31.7 Å². The molecule has 106 valence electrons. The van der Waals surface area contributed by atoms with Crippen LogP contribution in [0.25, 0.3) is 0 Å². The third-order valence-electron chi connectivity index (χ3n) is 2.88. The van der Waals surface area contributed by atoms with Crippen LogP contribution in [0, 0.1) is 13.8 Å². The molecule has 0 aliphatic carbocycles. The van der Waals surface area contributed by atoms with E-state index >= 15 is 0 Å². The largest absolute Gasteiger partial charge is 0.468 e. The predicted octanol–water partition coefficient (Wildman–Crippen LogP) is 0.725. The summed E-state index contributed by atoms with van der Waals surface area (Å²) < 4.78 is 30.9. The van der Waals surface area contributed by atoms with E-state index in [0.717, 1.165) is 11.1 Å². The molecule has 1 aromatic rings. The lowest BCUT2D eigenvalue weighted by atomic mass is 10.1. The monoisotopic (exact) mass is 286 g/mol. The molecule has 0 bridgehead atoms. The Bertz CT molecular complexity index is 573. The van der Waals surface area contributed by atoms with Crippen molar-refractivity contribution < 1.29 is 17.9 Å². The Morgan fingerprint density at radius 2 is 1.95 bits per heavy atom. The molecule has 1 aromatic carbocycles. The number of hydrogen-bond donors (Lipinski definition) is 2. The quantitative estimate of drug-likeness (QED) is 0.628. The molecular formula is C12H18N2O4S. The highest BCUT2D eigenvalue weighted by Crippen LogP contribution is 2.21. The molecule has 0 aliphatic rings. The summed E-state index contributed by atoms with van der Waals surface area (Å²) >= 11 is 0. The van der Waals surface area contributed by atoms with Gasteiger partial charge in [-0.05, 0) is 44.0 Å². The summed E-state index contributed by atoms with van der Waals surface area (Å²) in [5, 5.41) is 0. The number of nitrogen functional groups attached to an aromatic ring is 1. The third-order valence-corrected chi connectivity index (χ3v) is 4.40. The number of carbonyl (C=O) groups excluding carboxylic acids is 1. The zero-order chi connectivity index (χ0) is 14.8. The number of ether oxygens (including phenoxy) is 1. The van der Waals surface area contributed by atoms with Gasteiger partial charge in [-0.3, -0.25) is 4.79 Å². The fourth-order valence-electron chi connectivity index (χ4n) is 1.53. The van der Waals surface area contributed by atoms with Gasteiger partial charge >= 0.3 is 5.97 Å². The number of aryl methyl sites for hydroxylation is 1. The second-order valence-electron chi connectivity index (χ2n) is 4.32. The van der Waals surface area contributed by atoms with Gasteiger partial charge in [-0.15, -0.1) is 0 Å². The molecule has 0 aromatic heterocycles. The van der Waals surface area contributed by atoms with Crippen LogP contribution in [0.2, 0.25) is 0 Å². The summed E-state index contributed by atoms with van der Waals surface area (Å²) in [5.74, 6) is -0.652. The number of hydrogen-bond acceptors (Lipinski definition) is 5. The van der Waals surface area contributed by atoms with Gasteiger partial charge in [-0.25, -0.2) is 8.42 Å². The van der Waals surface area contributed by atoms with E-state index in [1.165, 1.54) is 26.2 Å². The van der Waals surface area contributed by atoms with Crippen molar-refractivity contribution in [1.29, 1.82) is 0 Å². The van der Waals surface area contributed by atoms with Gasteiger partial charge in [0.05, 0.1) is 12.0 Å². The van der Waals surface area contributed by atoms with Crippen LogP contribution in [0.4, 0.5) is 5.69 Å². The number of anilines is 1. The smallest absolute Gasteiger partial charge is 0.323 e. The maximum absolute atomic E-state index is 12.1. The first-order valence-corrected chi connectivity index (χ1v) is 7.14. The molecule has 0 amide bonds. The Balaban J connectivity index is 3.11. The minimum Gasteiger partial charge on any atom is -0.468 e. The van der Waals surface area contributed by atoms with Gasteiger partial charge in [-0.1, -0.05) is 0 Å². The molecular weight excluding hydrogens is 268 g/mol. The van der Waals surface area contributed by atoms with Crippen molar-refractivity contribution >= 4 is 21.7 Å². The molecule has 0 saturated heterocycles. The van der Waals surface area contributed by atoms with Crippen LogP contribution in [-0.4, -0.2) is 27.5 Å². The maximum atomic E-state index is 12.1. The van der Waals surface area contributed by atoms with Crippen LogP contribution in [-0.2, 0) is 19.6 Å². The number of sulfonamides is 1. The van der Waals surface area contributed by atoms with Crippen LogP contribution in [0.15, 0.2) is 17.0 Å². The molecule has 0 radical (unpaired) electrons. The number of methoxy groups -OCH3 is 1. The molecule has 0 aliphatic heterocycles. The second-order valence-corrected chi connectivity index (χ2v) is 6.03. The lowest BCUT2D eigenvalue weighted by Gasteiger charge is -2.14. The van der Waals surface area contributed by atoms with E-state index in [0.29, 0.717) is 5.69 Å². The molecule has 19 heavy (non-hydrogen) atoms. The van der Waals surface area contributed by atoms with Crippen LogP contribution in [0.1, 0.15) is 18.1 Å². The van der Waals surface area contributed by atoms with E-state index in [1.54, 1.807) is 6.92 Å². The van der Waals surface area contributed by atoms with Crippen molar-refractivity contribution in [3.8, 4) is 0 Å². The molecule has 0 spiro atoms. The molecule has 7 heteroatoms. The van der Waals surface area contributed by atoms with Gasteiger partial charge in [0.15, 0.2) is 0 Å². The topological polar surface area (TPSA) is 98.5 Å². The van der Waals surface area contributed by atoms with E-state index in [2.05, 4.69) is 9.46 Å². The minimum absolute atomic E-state index is 0.0313. The molecule has 1 unspecified atom stereocenters. The number of nitrogens with two attached hydrogens (primary N) is 1. The lowest BCUT2D eigenvalue weighted by molar-refractivity contribution is -0.142. The molecule has 0 fully saturated rings. The van der Waals surface area contributed by atoms with Gasteiger partial charge in [0.25, 0.3) is 0 Å². The minimum atomic E-state index is -3.81. The lowest BCUT2D eigenvalue weighted by Crippen LogP contribution is -2.39. The molecule has 0 saturated carbocycles. The van der Waals surface area contributed by atoms with Gasteiger partial charge in [0.1, 0.15) is 6.04 Å². The highest BCUT2D eigenvalue weighted by molar-refractivity contribution is 7.89. The van der Waals surface area contributed by atoms with Crippen molar-refractivity contribution in [1.82, 2.24) is 4.72 Å². The van der Waals surface area contributed by atoms with Crippen molar-refractivity contribution in [3.63, 3.8) is 0 Å².